The second-order valence-electron chi connectivity index (χ2n) is 13.3. The average molecular weight is 689 g/mol. The Bertz CT molecular complexity index is 1930. The van der Waals surface area contributed by atoms with Crippen LogP contribution in [0, 0.1) is 11.8 Å². The molecule has 1 saturated carbocycles. The predicted octanol–water partition coefficient (Wildman–Crippen LogP) is 4.27. The van der Waals surface area contributed by atoms with Crippen molar-refractivity contribution in [2.45, 2.75) is 63.2 Å². The molecule has 1 amide bonds. The van der Waals surface area contributed by atoms with Crippen LogP contribution in [-0.2, 0) is 14.4 Å². The van der Waals surface area contributed by atoms with Crippen molar-refractivity contribution in [2.75, 3.05) is 19.4 Å². The van der Waals surface area contributed by atoms with Gasteiger partial charge in [-0.2, -0.15) is 0 Å². The van der Waals surface area contributed by atoms with Crippen LogP contribution in [0.4, 0.5) is 10.8 Å². The lowest BCUT2D eigenvalue weighted by atomic mass is 9.54. The summed E-state index contributed by atoms with van der Waals surface area (Å²) in [6.07, 6.45) is 0.453. The normalized spacial score (nSPS) is 26.6. The number of carbonyl (C=O) groups is 3. The quantitative estimate of drug-likeness (QED) is 0.131. The number of likely N-dealkylation sites (N-methyl/N-ethyl adjacent to an activating group) is 1. The topological polar surface area (TPSA) is 207 Å². The van der Waals surface area contributed by atoms with Gasteiger partial charge in [-0.05, 0) is 56.0 Å². The van der Waals surface area contributed by atoms with Crippen molar-refractivity contribution >= 4 is 45.4 Å². The van der Waals surface area contributed by atoms with Gasteiger partial charge in [0.2, 0.25) is 5.78 Å². The van der Waals surface area contributed by atoms with Gasteiger partial charge in [-0.25, -0.2) is 4.98 Å². The molecule has 0 spiro atoms. The number of benzene rings is 2. The zero-order valence-corrected chi connectivity index (χ0v) is 28.6. The highest BCUT2D eigenvalue weighted by atomic mass is 32.1. The molecule has 0 radical (unpaired) electrons. The van der Waals surface area contributed by atoms with E-state index >= 15 is 0 Å². The van der Waals surface area contributed by atoms with Crippen LogP contribution < -0.4 is 11.1 Å². The SMILES string of the molecule is CCC(CC)c1ccc(-c2csc(Nc3ccc4c(c3O)C(O)=C3C(=O)[C@@]5(O)C(O)=C(C(N)=O)C(=O)[C@H](N(C)C)[C@H]5[C@H](O)[C@H]3[C@@H]4C)n2)cc1. The van der Waals surface area contributed by atoms with Crippen LogP contribution in [0.5, 0.6) is 5.75 Å². The molecule has 0 bridgehead atoms. The van der Waals surface area contributed by atoms with Crippen molar-refractivity contribution < 1.29 is 39.9 Å². The third-order valence-electron chi connectivity index (χ3n) is 10.5. The summed E-state index contributed by atoms with van der Waals surface area (Å²) in [5.41, 5.74) is 4.43. The first-order valence-electron chi connectivity index (χ1n) is 16.2. The molecular weight excluding hydrogens is 648 g/mol. The average Bonchev–Trinajstić information content (AvgIpc) is 3.53. The monoisotopic (exact) mass is 688 g/mol. The van der Waals surface area contributed by atoms with Crippen LogP contribution in [0.2, 0.25) is 0 Å². The first kappa shape index (κ1) is 34.3. The highest BCUT2D eigenvalue weighted by molar-refractivity contribution is 7.14. The predicted molar refractivity (Wildman–Crippen MR) is 185 cm³/mol. The molecule has 1 fully saturated rings. The number of hydrogen-bond acceptors (Lipinski definition) is 12. The third-order valence-corrected chi connectivity index (χ3v) is 11.3. The number of hydrogen-bond donors (Lipinski definition) is 7. The number of fused-ring (bicyclic) bond motifs is 3. The lowest BCUT2D eigenvalue weighted by molar-refractivity contribution is -0.169. The smallest absolute Gasteiger partial charge is 0.255 e. The molecule has 258 valence electrons. The number of amides is 1. The van der Waals surface area contributed by atoms with Crippen molar-refractivity contribution in [3.8, 4) is 17.0 Å². The molecule has 3 aliphatic carbocycles. The lowest BCUT2D eigenvalue weighted by Crippen LogP contribution is -2.70. The number of thiazole rings is 1. The van der Waals surface area contributed by atoms with E-state index in [0.717, 1.165) is 24.1 Å². The number of primary amides is 1. The molecule has 13 heteroatoms. The van der Waals surface area contributed by atoms with Crippen LogP contribution in [0.1, 0.15) is 62.1 Å². The first-order valence-corrected chi connectivity index (χ1v) is 17.1. The molecule has 1 aromatic heterocycles. The van der Waals surface area contributed by atoms with Gasteiger partial charge in [-0.3, -0.25) is 19.3 Å². The second kappa shape index (κ2) is 12.4. The Morgan fingerprint density at radius 1 is 1.08 bits per heavy atom. The summed E-state index contributed by atoms with van der Waals surface area (Å²) in [4.78, 5) is 45.9. The van der Waals surface area contributed by atoms with Crippen molar-refractivity contribution in [2.24, 2.45) is 17.6 Å². The van der Waals surface area contributed by atoms with Gasteiger partial charge in [0.05, 0.1) is 35.0 Å². The van der Waals surface area contributed by atoms with Crippen molar-refractivity contribution in [3.63, 3.8) is 0 Å². The minimum absolute atomic E-state index is 0.102. The number of anilines is 2. The van der Waals surface area contributed by atoms with Gasteiger partial charge in [0.15, 0.2) is 16.5 Å². The van der Waals surface area contributed by atoms with Gasteiger partial charge >= 0.3 is 0 Å². The number of rotatable bonds is 8. The van der Waals surface area contributed by atoms with Gasteiger partial charge < -0.3 is 36.6 Å². The van der Waals surface area contributed by atoms with E-state index in [-0.39, 0.29) is 11.3 Å². The molecule has 6 rings (SSSR count). The summed E-state index contributed by atoms with van der Waals surface area (Å²) in [7, 11) is 2.93. The zero-order chi connectivity index (χ0) is 35.7. The maximum absolute atomic E-state index is 14.2. The van der Waals surface area contributed by atoms with Gasteiger partial charge in [0, 0.05) is 22.4 Å². The Labute approximate surface area is 287 Å². The summed E-state index contributed by atoms with van der Waals surface area (Å²) in [5.74, 6) is -8.88. The number of aromatic hydroxyl groups is 1. The van der Waals surface area contributed by atoms with E-state index in [1.54, 1.807) is 19.1 Å². The van der Waals surface area contributed by atoms with Gasteiger partial charge in [0.1, 0.15) is 22.8 Å². The number of aliphatic hydroxyl groups excluding tert-OH is 3. The maximum atomic E-state index is 14.2. The fourth-order valence-electron chi connectivity index (χ4n) is 7.98. The summed E-state index contributed by atoms with van der Waals surface area (Å²) >= 11 is 1.31. The number of carbonyl (C=O) groups excluding carboxylic acids is 3. The molecular formula is C36H40N4O8S. The van der Waals surface area contributed by atoms with E-state index in [1.807, 2.05) is 17.5 Å². The van der Waals surface area contributed by atoms with E-state index in [0.29, 0.717) is 16.6 Å². The molecule has 8 N–H and O–H groups in total. The molecule has 1 heterocycles. The molecule has 2 aromatic carbocycles. The molecule has 0 unspecified atom stereocenters. The molecule has 0 saturated heterocycles. The highest BCUT2D eigenvalue weighted by Gasteiger charge is 2.68. The van der Waals surface area contributed by atoms with Crippen LogP contribution in [0.25, 0.3) is 17.0 Å². The maximum Gasteiger partial charge on any atom is 0.255 e. The van der Waals surface area contributed by atoms with E-state index < -0.39 is 81.4 Å². The summed E-state index contributed by atoms with van der Waals surface area (Å²) in [6, 6.07) is 10.1. The van der Waals surface area contributed by atoms with Crippen LogP contribution in [-0.4, -0.2) is 84.7 Å². The summed E-state index contributed by atoms with van der Waals surface area (Å²) in [5, 5.41) is 63.4. The Morgan fingerprint density at radius 2 is 1.73 bits per heavy atom. The number of aliphatic hydroxyl groups is 4. The molecule has 49 heavy (non-hydrogen) atoms. The number of aromatic nitrogens is 1. The second-order valence-corrected chi connectivity index (χ2v) is 14.1. The number of nitrogens with zero attached hydrogens (tertiary/aromatic N) is 2. The van der Waals surface area contributed by atoms with E-state index in [4.69, 9.17) is 5.73 Å². The number of Topliss-reactive ketones (excluding diaryl/α,β-unsaturated/α-hetero) is 2. The molecule has 0 aliphatic heterocycles. The van der Waals surface area contributed by atoms with Crippen LogP contribution in [0.3, 0.4) is 0 Å². The zero-order valence-electron chi connectivity index (χ0n) is 27.8. The van der Waals surface area contributed by atoms with Gasteiger partial charge in [-0.1, -0.05) is 51.1 Å². The number of nitrogens with two attached hydrogens (primary N) is 1. The van der Waals surface area contributed by atoms with Gasteiger partial charge in [-0.15, -0.1) is 11.3 Å². The Balaban J connectivity index is 1.39. The largest absolute Gasteiger partial charge is 0.508 e. The van der Waals surface area contributed by atoms with E-state index in [9.17, 15) is 39.9 Å². The Kier molecular flexibility index (Phi) is 8.68. The minimum Gasteiger partial charge on any atom is -0.508 e. The van der Waals surface area contributed by atoms with E-state index in [2.05, 4.69) is 36.3 Å². The minimum atomic E-state index is -2.97. The van der Waals surface area contributed by atoms with E-state index in [1.165, 1.54) is 35.9 Å². The summed E-state index contributed by atoms with van der Waals surface area (Å²) < 4.78 is 0. The number of phenols is 1. The molecule has 12 nitrogen and oxygen atoms in total. The number of ketones is 2. The highest BCUT2D eigenvalue weighted by Crippen LogP contribution is 2.56. The number of nitrogens with one attached hydrogen (secondary N) is 1. The molecule has 3 aliphatic rings. The van der Waals surface area contributed by atoms with Crippen LogP contribution in [0.15, 0.2) is 58.7 Å². The molecule has 6 atom stereocenters. The Morgan fingerprint density at radius 3 is 2.33 bits per heavy atom. The van der Waals surface area contributed by atoms with Crippen molar-refractivity contribution in [1.82, 2.24) is 9.88 Å². The fourth-order valence-corrected chi connectivity index (χ4v) is 8.71. The molecule has 3 aromatic rings. The lowest BCUT2D eigenvalue weighted by Gasteiger charge is -2.53. The first-order chi connectivity index (χ1) is 23.2. The summed E-state index contributed by atoms with van der Waals surface area (Å²) in [6.45, 7) is 6.03. The van der Waals surface area contributed by atoms with Crippen molar-refractivity contribution in [1.29, 1.82) is 0 Å². The third kappa shape index (κ3) is 5.06. The van der Waals surface area contributed by atoms with Crippen molar-refractivity contribution in [3.05, 3.63) is 75.4 Å². The fraction of sp³-hybridized carbons (Fsp3) is 0.389. The van der Waals surface area contributed by atoms with Gasteiger partial charge in [0.25, 0.3) is 5.91 Å². The Hall–Kier alpha value is -4.56. The number of phenolic OH excluding ortho intramolecular Hbond substituents is 1. The standard InChI is InChI=1S/C36H40N4O8S/c1-6-16(7-2)17-8-10-18(11-9-17)21-14-49-35(39-21)38-20-13-12-19-15(3)22-24(29(42)23(19)28(20)41)32(45)36(48)26(30(22)43)27(40(4)5)31(44)25(33(36)46)34(37)47/h8-16,22,26-27,30,41-43,46,48H,6-7H2,1-5H3,(H2,37,47)(H,38,39)/t15-,22+,26+,27-,30-,36-/m1/s1. The van der Waals surface area contributed by atoms with Crippen LogP contribution >= 0.6 is 11.3 Å².